The summed E-state index contributed by atoms with van der Waals surface area (Å²) in [6, 6.07) is 23.9. The lowest BCUT2D eigenvalue weighted by atomic mass is 10.0. The molecule has 0 aliphatic heterocycles. The Morgan fingerprint density at radius 2 is 1.56 bits per heavy atom. The zero-order valence-electron chi connectivity index (χ0n) is 27.1. The molecule has 2 amide bonds. The number of benzene rings is 4. The molecule has 0 saturated carbocycles. The molecule has 0 fully saturated rings. The first-order valence-corrected chi connectivity index (χ1v) is 17.9. The number of hydrogen-bond donors (Lipinski definition) is 1. The van der Waals surface area contributed by atoms with E-state index in [4.69, 9.17) is 39.5 Å². The van der Waals surface area contributed by atoms with Crippen molar-refractivity contribution in [3.8, 4) is 5.75 Å². The van der Waals surface area contributed by atoms with E-state index in [-0.39, 0.29) is 51.3 Å². The van der Waals surface area contributed by atoms with E-state index in [0.29, 0.717) is 17.0 Å². The van der Waals surface area contributed by atoms with Crippen molar-refractivity contribution in [1.29, 1.82) is 0 Å². The van der Waals surface area contributed by atoms with Gasteiger partial charge in [0.05, 0.1) is 27.7 Å². The molecule has 254 valence electrons. The van der Waals surface area contributed by atoms with Gasteiger partial charge in [-0.25, -0.2) is 8.42 Å². The number of carbonyl (C=O) groups excluding carboxylic acids is 2. The van der Waals surface area contributed by atoms with Gasteiger partial charge in [0, 0.05) is 24.0 Å². The number of ether oxygens (including phenoxy) is 1. The van der Waals surface area contributed by atoms with E-state index < -0.39 is 28.5 Å². The number of nitrogens with zero attached hydrogens (tertiary/aromatic N) is 2. The SMILES string of the molecule is CC[C@H](C)NC(=O)[C@@H](Cc1ccccc1)N(Cc1ccc(Cl)c(Cl)c1)C(=O)CN(c1cc(Cl)ccc1OC)S(=O)(=O)c1ccc(C)cc1. The molecule has 8 nitrogen and oxygen atoms in total. The summed E-state index contributed by atoms with van der Waals surface area (Å²) in [5.41, 5.74) is 2.34. The van der Waals surface area contributed by atoms with Crippen LogP contribution in [-0.2, 0) is 32.6 Å². The molecule has 0 radical (unpaired) electrons. The largest absolute Gasteiger partial charge is 0.495 e. The molecule has 12 heteroatoms. The van der Waals surface area contributed by atoms with Crippen LogP contribution in [0.3, 0.4) is 0 Å². The summed E-state index contributed by atoms with van der Waals surface area (Å²) in [6.07, 6.45) is 0.836. The molecule has 4 aromatic rings. The lowest BCUT2D eigenvalue weighted by molar-refractivity contribution is -0.140. The quantitative estimate of drug-likeness (QED) is 0.143. The van der Waals surface area contributed by atoms with Gasteiger partial charge in [0.2, 0.25) is 11.8 Å². The van der Waals surface area contributed by atoms with Gasteiger partial charge in [-0.15, -0.1) is 0 Å². The fourth-order valence-corrected chi connectivity index (χ4v) is 6.94. The molecule has 2 atom stereocenters. The summed E-state index contributed by atoms with van der Waals surface area (Å²) in [5, 5.41) is 3.86. The van der Waals surface area contributed by atoms with Crippen LogP contribution in [0.15, 0.2) is 95.9 Å². The molecule has 0 spiro atoms. The average molecular weight is 731 g/mol. The molecule has 4 rings (SSSR count). The van der Waals surface area contributed by atoms with Crippen LogP contribution in [0.5, 0.6) is 5.75 Å². The molecule has 0 unspecified atom stereocenters. The van der Waals surface area contributed by atoms with Crippen LogP contribution >= 0.6 is 34.8 Å². The zero-order valence-corrected chi connectivity index (χ0v) is 30.2. The Morgan fingerprint density at radius 3 is 2.19 bits per heavy atom. The van der Waals surface area contributed by atoms with Gasteiger partial charge in [-0.05, 0) is 73.9 Å². The van der Waals surface area contributed by atoms with Gasteiger partial charge in [-0.1, -0.05) is 95.8 Å². The minimum Gasteiger partial charge on any atom is -0.495 e. The highest BCUT2D eigenvalue weighted by molar-refractivity contribution is 7.92. The molecule has 0 saturated heterocycles. The van der Waals surface area contributed by atoms with Crippen molar-refractivity contribution in [2.75, 3.05) is 18.0 Å². The monoisotopic (exact) mass is 729 g/mol. The second-order valence-corrected chi connectivity index (χ2v) is 14.5. The lowest BCUT2D eigenvalue weighted by Gasteiger charge is -2.34. The number of methoxy groups -OCH3 is 1. The van der Waals surface area contributed by atoms with E-state index in [0.717, 1.165) is 15.4 Å². The first kappa shape index (κ1) is 37.1. The summed E-state index contributed by atoms with van der Waals surface area (Å²) < 4.78 is 35.2. The Balaban J connectivity index is 1.87. The molecule has 48 heavy (non-hydrogen) atoms. The third-order valence-corrected chi connectivity index (χ3v) is 10.7. The number of anilines is 1. The maximum atomic E-state index is 14.7. The van der Waals surface area contributed by atoms with E-state index in [2.05, 4.69) is 5.32 Å². The fraction of sp³-hybridized carbons (Fsp3) is 0.278. The Morgan fingerprint density at radius 1 is 0.875 bits per heavy atom. The van der Waals surface area contributed by atoms with Gasteiger partial charge in [-0.3, -0.25) is 13.9 Å². The highest BCUT2D eigenvalue weighted by Crippen LogP contribution is 2.35. The van der Waals surface area contributed by atoms with Crippen molar-refractivity contribution in [2.24, 2.45) is 0 Å². The van der Waals surface area contributed by atoms with Gasteiger partial charge in [0.15, 0.2) is 0 Å². The molecular formula is C36H38Cl3N3O5S. The second-order valence-electron chi connectivity index (χ2n) is 11.4. The van der Waals surface area contributed by atoms with Crippen molar-refractivity contribution >= 4 is 62.3 Å². The summed E-state index contributed by atoms with van der Waals surface area (Å²) in [6.45, 7) is 4.93. The standard InChI is InChI=1S/C36H38Cl3N3O5S/c1-5-25(3)40-36(44)33(20-26-9-7-6-8-10-26)41(22-27-13-17-30(38)31(39)19-27)35(43)23-42(32-21-28(37)14-18-34(32)47-4)48(45,46)29-15-11-24(2)12-16-29/h6-19,21,25,33H,5,20,22-23H2,1-4H3,(H,40,44)/t25-,33+/m0/s1. The van der Waals surface area contributed by atoms with Crippen molar-refractivity contribution in [1.82, 2.24) is 10.2 Å². The third-order valence-electron chi connectivity index (χ3n) is 7.91. The number of halogens is 3. The van der Waals surface area contributed by atoms with Crippen LogP contribution < -0.4 is 14.4 Å². The Hall–Kier alpha value is -3.76. The Bertz CT molecular complexity index is 1840. The van der Waals surface area contributed by atoms with Gasteiger partial charge in [0.1, 0.15) is 18.3 Å². The topological polar surface area (TPSA) is 96.0 Å². The van der Waals surface area contributed by atoms with Crippen molar-refractivity contribution in [3.63, 3.8) is 0 Å². The summed E-state index contributed by atoms with van der Waals surface area (Å²) in [4.78, 5) is 30.1. The normalized spacial score (nSPS) is 12.6. The van der Waals surface area contributed by atoms with E-state index in [1.54, 1.807) is 36.4 Å². The van der Waals surface area contributed by atoms with E-state index in [1.165, 1.54) is 36.3 Å². The molecule has 0 bridgehead atoms. The first-order valence-electron chi connectivity index (χ1n) is 15.3. The molecular weight excluding hydrogens is 693 g/mol. The number of amides is 2. The van der Waals surface area contributed by atoms with Gasteiger partial charge in [0.25, 0.3) is 10.0 Å². The minimum atomic E-state index is -4.35. The van der Waals surface area contributed by atoms with Crippen LogP contribution in [0.25, 0.3) is 0 Å². The van der Waals surface area contributed by atoms with E-state index >= 15 is 0 Å². The smallest absolute Gasteiger partial charge is 0.264 e. The van der Waals surface area contributed by atoms with Crippen LogP contribution in [0, 0.1) is 6.92 Å². The Kier molecular flexibility index (Phi) is 12.8. The van der Waals surface area contributed by atoms with Crippen LogP contribution in [0.4, 0.5) is 5.69 Å². The van der Waals surface area contributed by atoms with Gasteiger partial charge >= 0.3 is 0 Å². The fourth-order valence-electron chi connectivity index (χ4n) is 5.04. The lowest BCUT2D eigenvalue weighted by Crippen LogP contribution is -2.54. The summed E-state index contributed by atoms with van der Waals surface area (Å²) in [7, 11) is -2.95. The second kappa shape index (κ2) is 16.6. The maximum Gasteiger partial charge on any atom is 0.264 e. The number of nitrogens with one attached hydrogen (secondary N) is 1. The average Bonchev–Trinajstić information content (AvgIpc) is 3.07. The van der Waals surface area contributed by atoms with Crippen molar-refractivity contribution in [3.05, 3.63) is 123 Å². The number of aryl methyl sites for hydroxylation is 1. The predicted molar refractivity (Wildman–Crippen MR) is 193 cm³/mol. The van der Waals surface area contributed by atoms with Crippen LogP contribution in [-0.4, -0.2) is 50.9 Å². The number of sulfonamides is 1. The molecule has 0 aliphatic rings. The number of hydrogen-bond acceptors (Lipinski definition) is 5. The molecule has 0 aromatic heterocycles. The van der Waals surface area contributed by atoms with Crippen molar-refractivity contribution in [2.45, 2.75) is 57.1 Å². The number of rotatable bonds is 14. The summed E-state index contributed by atoms with van der Waals surface area (Å²) in [5.74, 6) is -0.830. The third kappa shape index (κ3) is 9.23. The number of carbonyl (C=O) groups is 2. The first-order chi connectivity index (χ1) is 22.8. The summed E-state index contributed by atoms with van der Waals surface area (Å²) >= 11 is 18.9. The zero-order chi connectivity index (χ0) is 35.0. The van der Waals surface area contributed by atoms with Crippen LogP contribution in [0.1, 0.15) is 37.0 Å². The van der Waals surface area contributed by atoms with E-state index in [1.807, 2.05) is 51.1 Å². The molecule has 4 aromatic carbocycles. The van der Waals surface area contributed by atoms with Gasteiger partial charge in [-0.2, -0.15) is 0 Å². The van der Waals surface area contributed by atoms with Crippen molar-refractivity contribution < 1.29 is 22.7 Å². The van der Waals surface area contributed by atoms with Gasteiger partial charge < -0.3 is 15.0 Å². The minimum absolute atomic E-state index is 0.0330. The highest BCUT2D eigenvalue weighted by atomic mass is 35.5. The molecule has 0 heterocycles. The predicted octanol–water partition coefficient (Wildman–Crippen LogP) is 7.71. The molecule has 1 N–H and O–H groups in total. The highest BCUT2D eigenvalue weighted by Gasteiger charge is 2.36. The Labute approximate surface area is 297 Å². The maximum absolute atomic E-state index is 14.7. The van der Waals surface area contributed by atoms with E-state index in [9.17, 15) is 18.0 Å². The molecule has 0 aliphatic carbocycles. The van der Waals surface area contributed by atoms with Crippen LogP contribution in [0.2, 0.25) is 15.1 Å².